The van der Waals surface area contributed by atoms with E-state index in [2.05, 4.69) is 15.2 Å². The summed E-state index contributed by atoms with van der Waals surface area (Å²) in [4.78, 5) is 42.1. The van der Waals surface area contributed by atoms with Gasteiger partial charge in [-0.1, -0.05) is 25.1 Å². The molecule has 7 nitrogen and oxygen atoms in total. The van der Waals surface area contributed by atoms with Gasteiger partial charge in [-0.05, 0) is 31.5 Å². The summed E-state index contributed by atoms with van der Waals surface area (Å²) in [5.74, 6) is -1.61. The average molecular weight is 397 g/mol. The molecule has 1 aromatic carbocycles. The van der Waals surface area contributed by atoms with Crippen LogP contribution in [-0.2, 0) is 9.59 Å². The number of carboxylic acid groups (broad SMARTS) is 1. The second-order valence-corrected chi connectivity index (χ2v) is 7.55. The van der Waals surface area contributed by atoms with Crippen molar-refractivity contribution >= 4 is 28.6 Å². The standard InChI is InChI=1S/C22H27N3O4/c1-2-17(26)8-5-6-10-25-13-18(22(28)29)20(14-25)24-21(27)16-11-15-7-3-4-9-19(15)23-12-16/h3-4,7,9,11-12,18,20H,2,5-6,8,10,13-14H2,1H3,(H,24,27)(H,28,29). The summed E-state index contributed by atoms with van der Waals surface area (Å²) in [6, 6.07) is 8.85. The van der Waals surface area contributed by atoms with Crippen LogP contribution in [0, 0.1) is 5.92 Å². The monoisotopic (exact) mass is 397 g/mol. The van der Waals surface area contributed by atoms with Gasteiger partial charge in [0.2, 0.25) is 0 Å². The number of nitrogens with one attached hydrogen (secondary N) is 1. The van der Waals surface area contributed by atoms with Crippen LogP contribution in [0.25, 0.3) is 10.9 Å². The lowest BCUT2D eigenvalue weighted by Crippen LogP contribution is -2.43. The number of unbranched alkanes of at least 4 members (excludes halogenated alkanes) is 1. The Morgan fingerprint density at radius 1 is 1.21 bits per heavy atom. The topological polar surface area (TPSA) is 99.6 Å². The second kappa shape index (κ2) is 9.60. The number of Topliss-reactive ketones (excluding diaryl/α,β-unsaturated/α-hetero) is 1. The van der Waals surface area contributed by atoms with E-state index in [0.717, 1.165) is 30.3 Å². The third-order valence-electron chi connectivity index (χ3n) is 5.46. The molecule has 1 aliphatic heterocycles. The number of aliphatic carboxylic acids is 1. The van der Waals surface area contributed by atoms with E-state index < -0.39 is 17.9 Å². The minimum atomic E-state index is -0.907. The number of hydrogen-bond donors (Lipinski definition) is 2. The first-order valence-electron chi connectivity index (χ1n) is 10.1. The quantitative estimate of drug-likeness (QED) is 0.631. The molecule has 2 N–H and O–H groups in total. The van der Waals surface area contributed by atoms with E-state index in [-0.39, 0.29) is 11.7 Å². The highest BCUT2D eigenvalue weighted by molar-refractivity contribution is 5.97. The van der Waals surface area contributed by atoms with E-state index in [0.29, 0.717) is 31.5 Å². The Morgan fingerprint density at radius 2 is 2.00 bits per heavy atom. The summed E-state index contributed by atoms with van der Waals surface area (Å²) >= 11 is 0. The van der Waals surface area contributed by atoms with Crippen LogP contribution in [0.5, 0.6) is 0 Å². The zero-order chi connectivity index (χ0) is 20.8. The van der Waals surface area contributed by atoms with E-state index in [4.69, 9.17) is 0 Å². The van der Waals surface area contributed by atoms with Gasteiger partial charge in [0.1, 0.15) is 5.78 Å². The van der Waals surface area contributed by atoms with Crippen molar-refractivity contribution in [1.29, 1.82) is 0 Å². The van der Waals surface area contributed by atoms with E-state index >= 15 is 0 Å². The largest absolute Gasteiger partial charge is 0.481 e. The van der Waals surface area contributed by atoms with Crippen LogP contribution in [0.2, 0.25) is 0 Å². The Hall–Kier alpha value is -2.80. The maximum absolute atomic E-state index is 12.7. The lowest BCUT2D eigenvalue weighted by Gasteiger charge is -2.17. The molecule has 0 radical (unpaired) electrons. The zero-order valence-corrected chi connectivity index (χ0v) is 16.6. The third kappa shape index (κ3) is 5.38. The number of benzene rings is 1. The number of hydrogen-bond acceptors (Lipinski definition) is 5. The number of nitrogens with zero attached hydrogens (tertiary/aromatic N) is 2. The summed E-state index contributed by atoms with van der Waals surface area (Å²) in [5.41, 5.74) is 1.23. The van der Waals surface area contributed by atoms with Crippen LogP contribution in [0.4, 0.5) is 0 Å². The van der Waals surface area contributed by atoms with Crippen molar-refractivity contribution in [3.63, 3.8) is 0 Å². The van der Waals surface area contributed by atoms with Crippen molar-refractivity contribution in [1.82, 2.24) is 15.2 Å². The van der Waals surface area contributed by atoms with Crippen molar-refractivity contribution in [2.75, 3.05) is 19.6 Å². The number of likely N-dealkylation sites (tertiary alicyclic amines) is 1. The summed E-state index contributed by atoms with van der Waals surface area (Å²) in [5, 5.41) is 13.3. The van der Waals surface area contributed by atoms with Crippen LogP contribution < -0.4 is 5.32 Å². The molecular formula is C22H27N3O4. The van der Waals surface area contributed by atoms with Gasteiger partial charge in [0.15, 0.2) is 0 Å². The first-order chi connectivity index (χ1) is 14.0. The number of amides is 1. The van der Waals surface area contributed by atoms with Crippen LogP contribution >= 0.6 is 0 Å². The van der Waals surface area contributed by atoms with Crippen molar-refractivity contribution in [2.24, 2.45) is 5.92 Å². The zero-order valence-electron chi connectivity index (χ0n) is 16.6. The number of rotatable bonds is 9. The van der Waals surface area contributed by atoms with Crippen molar-refractivity contribution < 1.29 is 19.5 Å². The summed E-state index contributed by atoms with van der Waals surface area (Å²) in [7, 11) is 0. The number of carbonyl (C=O) groups excluding carboxylic acids is 2. The second-order valence-electron chi connectivity index (χ2n) is 7.55. The molecule has 0 bridgehead atoms. The highest BCUT2D eigenvalue weighted by atomic mass is 16.4. The third-order valence-corrected chi connectivity index (χ3v) is 5.46. The number of para-hydroxylation sites is 1. The van der Waals surface area contributed by atoms with Crippen molar-refractivity contribution in [3.8, 4) is 0 Å². The van der Waals surface area contributed by atoms with Crippen molar-refractivity contribution in [2.45, 2.75) is 38.6 Å². The summed E-state index contributed by atoms with van der Waals surface area (Å²) in [6.07, 6.45) is 4.29. The molecular weight excluding hydrogens is 370 g/mol. The first kappa shape index (κ1) is 20.9. The molecule has 1 saturated heterocycles. The SMILES string of the molecule is CCC(=O)CCCCN1CC(NC(=O)c2cnc3ccccc3c2)C(C(=O)O)C1. The fourth-order valence-electron chi connectivity index (χ4n) is 3.75. The average Bonchev–Trinajstić information content (AvgIpc) is 3.13. The molecule has 0 saturated carbocycles. The lowest BCUT2D eigenvalue weighted by molar-refractivity contribution is -0.141. The van der Waals surface area contributed by atoms with Crippen LogP contribution in [0.1, 0.15) is 43.0 Å². The highest BCUT2D eigenvalue weighted by Gasteiger charge is 2.38. The van der Waals surface area contributed by atoms with Gasteiger partial charge in [0, 0.05) is 37.5 Å². The number of aromatic nitrogens is 1. The molecule has 0 spiro atoms. The summed E-state index contributed by atoms with van der Waals surface area (Å²) < 4.78 is 0. The van der Waals surface area contributed by atoms with E-state index in [1.165, 1.54) is 6.20 Å². The minimum absolute atomic E-state index is 0.254. The van der Waals surface area contributed by atoms with Crippen molar-refractivity contribution in [3.05, 3.63) is 42.1 Å². The highest BCUT2D eigenvalue weighted by Crippen LogP contribution is 2.20. The molecule has 1 aromatic heterocycles. The predicted octanol–water partition coefficient (Wildman–Crippen LogP) is 2.50. The number of fused-ring (bicyclic) bond motifs is 1. The minimum Gasteiger partial charge on any atom is -0.481 e. The lowest BCUT2D eigenvalue weighted by atomic mass is 10.0. The Kier molecular flexibility index (Phi) is 6.93. The van der Waals surface area contributed by atoms with Crippen LogP contribution in [0.15, 0.2) is 36.5 Å². The number of pyridine rings is 1. The Morgan fingerprint density at radius 3 is 2.76 bits per heavy atom. The first-order valence-corrected chi connectivity index (χ1v) is 10.1. The maximum Gasteiger partial charge on any atom is 0.309 e. The molecule has 29 heavy (non-hydrogen) atoms. The summed E-state index contributed by atoms with van der Waals surface area (Å²) in [6.45, 7) is 3.48. The fraction of sp³-hybridized carbons (Fsp3) is 0.455. The molecule has 154 valence electrons. The van der Waals surface area contributed by atoms with Gasteiger partial charge in [0.05, 0.1) is 23.0 Å². The number of ketones is 1. The molecule has 2 atom stereocenters. The van der Waals surface area contributed by atoms with E-state index in [1.807, 2.05) is 31.2 Å². The van der Waals surface area contributed by atoms with Gasteiger partial charge < -0.3 is 15.3 Å². The molecule has 0 aliphatic carbocycles. The van der Waals surface area contributed by atoms with Gasteiger partial charge in [-0.15, -0.1) is 0 Å². The van der Waals surface area contributed by atoms with Crippen LogP contribution in [0.3, 0.4) is 0 Å². The Balaban J connectivity index is 1.59. The molecule has 2 aromatic rings. The fourth-order valence-corrected chi connectivity index (χ4v) is 3.75. The van der Waals surface area contributed by atoms with Gasteiger partial charge in [0.25, 0.3) is 5.91 Å². The molecule has 1 fully saturated rings. The van der Waals surface area contributed by atoms with E-state index in [9.17, 15) is 19.5 Å². The van der Waals surface area contributed by atoms with E-state index in [1.54, 1.807) is 6.07 Å². The number of carboxylic acids is 1. The predicted molar refractivity (Wildman–Crippen MR) is 110 cm³/mol. The Labute approximate surface area is 170 Å². The molecule has 1 aliphatic rings. The number of carbonyl (C=O) groups is 3. The molecule has 7 heteroatoms. The maximum atomic E-state index is 12.7. The van der Waals surface area contributed by atoms with Crippen LogP contribution in [-0.4, -0.2) is 58.3 Å². The van der Waals surface area contributed by atoms with Gasteiger partial charge in [-0.2, -0.15) is 0 Å². The normalized spacial score (nSPS) is 19.3. The smallest absolute Gasteiger partial charge is 0.309 e. The van der Waals surface area contributed by atoms with Gasteiger partial charge in [-0.3, -0.25) is 19.4 Å². The van der Waals surface area contributed by atoms with Gasteiger partial charge >= 0.3 is 5.97 Å². The molecule has 2 heterocycles. The molecule has 3 rings (SSSR count). The molecule has 1 amide bonds. The van der Waals surface area contributed by atoms with Gasteiger partial charge in [-0.25, -0.2) is 0 Å². The Bertz CT molecular complexity index is 899. The molecule has 2 unspecified atom stereocenters.